The first-order valence-electron chi connectivity index (χ1n) is 9.56. The third-order valence-corrected chi connectivity index (χ3v) is 5.55. The van der Waals surface area contributed by atoms with Crippen LogP contribution in [0.3, 0.4) is 0 Å². The summed E-state index contributed by atoms with van der Waals surface area (Å²) in [5, 5.41) is 0. The van der Waals surface area contributed by atoms with Crippen LogP contribution in [0.25, 0.3) is 0 Å². The molecule has 1 aliphatic rings. The van der Waals surface area contributed by atoms with E-state index >= 15 is 0 Å². The van der Waals surface area contributed by atoms with Gasteiger partial charge in [0, 0.05) is 11.3 Å². The van der Waals surface area contributed by atoms with Crippen LogP contribution in [0.5, 0.6) is 0 Å². The number of ether oxygens (including phenoxy) is 1. The molecule has 0 amide bonds. The third kappa shape index (κ3) is 4.48. The molecular weight excluding hydrogens is 340 g/mol. The van der Waals surface area contributed by atoms with E-state index in [1.54, 1.807) is 6.92 Å². The molecule has 0 radical (unpaired) electrons. The van der Waals surface area contributed by atoms with Crippen LogP contribution in [-0.2, 0) is 11.2 Å². The molecule has 0 unspecified atom stereocenters. The SMILES string of the molecule is COC(=O)c1[nH]c(C)c(C(=O)CN2CCC(Cc3ccccc3)CC2)c1C. The minimum atomic E-state index is -0.434. The van der Waals surface area contributed by atoms with Gasteiger partial charge < -0.3 is 9.72 Å². The Morgan fingerprint density at radius 3 is 2.44 bits per heavy atom. The Labute approximate surface area is 160 Å². The van der Waals surface area contributed by atoms with E-state index in [0.29, 0.717) is 29.3 Å². The molecule has 2 aromatic rings. The number of aromatic nitrogens is 1. The van der Waals surface area contributed by atoms with Gasteiger partial charge in [-0.05, 0) is 63.2 Å². The van der Waals surface area contributed by atoms with E-state index in [4.69, 9.17) is 4.74 Å². The number of esters is 1. The maximum absolute atomic E-state index is 12.8. The highest BCUT2D eigenvalue weighted by molar-refractivity contribution is 6.03. The van der Waals surface area contributed by atoms with E-state index in [-0.39, 0.29) is 5.78 Å². The maximum Gasteiger partial charge on any atom is 0.354 e. The molecule has 1 N–H and O–H groups in total. The number of Topliss-reactive ketones (excluding diaryl/α,β-unsaturated/α-hetero) is 1. The number of aromatic amines is 1. The number of benzene rings is 1. The van der Waals surface area contributed by atoms with E-state index in [0.717, 1.165) is 38.0 Å². The van der Waals surface area contributed by atoms with Crippen molar-refractivity contribution in [3.8, 4) is 0 Å². The molecule has 1 aliphatic heterocycles. The van der Waals surface area contributed by atoms with E-state index < -0.39 is 5.97 Å². The van der Waals surface area contributed by atoms with Gasteiger partial charge in [0.1, 0.15) is 5.69 Å². The molecule has 0 atom stereocenters. The van der Waals surface area contributed by atoms with Crippen LogP contribution in [0.1, 0.15) is 50.5 Å². The first kappa shape index (κ1) is 19.4. The van der Waals surface area contributed by atoms with Crippen molar-refractivity contribution in [1.29, 1.82) is 0 Å². The van der Waals surface area contributed by atoms with Crippen molar-refractivity contribution in [2.24, 2.45) is 5.92 Å². The zero-order valence-electron chi connectivity index (χ0n) is 16.4. The van der Waals surface area contributed by atoms with Gasteiger partial charge in [-0.3, -0.25) is 9.69 Å². The molecule has 1 aromatic carbocycles. The largest absolute Gasteiger partial charge is 0.464 e. The number of hydrogen-bond acceptors (Lipinski definition) is 4. The topological polar surface area (TPSA) is 62.4 Å². The first-order valence-corrected chi connectivity index (χ1v) is 9.56. The summed E-state index contributed by atoms with van der Waals surface area (Å²) in [6.07, 6.45) is 3.34. The van der Waals surface area contributed by atoms with Crippen LogP contribution >= 0.6 is 0 Å². The summed E-state index contributed by atoms with van der Waals surface area (Å²) in [6, 6.07) is 10.6. The Hall–Kier alpha value is -2.40. The number of methoxy groups -OCH3 is 1. The Morgan fingerprint density at radius 1 is 1.15 bits per heavy atom. The van der Waals surface area contributed by atoms with Gasteiger partial charge >= 0.3 is 5.97 Å². The summed E-state index contributed by atoms with van der Waals surface area (Å²) >= 11 is 0. The van der Waals surface area contributed by atoms with Gasteiger partial charge in [-0.1, -0.05) is 30.3 Å². The van der Waals surface area contributed by atoms with Gasteiger partial charge in [0.05, 0.1) is 13.7 Å². The lowest BCUT2D eigenvalue weighted by Crippen LogP contribution is -2.38. The number of carbonyl (C=O) groups excluding carboxylic acids is 2. The van der Waals surface area contributed by atoms with Gasteiger partial charge in [-0.15, -0.1) is 0 Å². The van der Waals surface area contributed by atoms with Crippen LogP contribution in [0.2, 0.25) is 0 Å². The third-order valence-electron chi connectivity index (χ3n) is 5.55. The number of rotatable bonds is 6. The van der Waals surface area contributed by atoms with E-state index in [1.165, 1.54) is 12.7 Å². The quantitative estimate of drug-likeness (QED) is 0.626. The number of likely N-dealkylation sites (tertiary alicyclic amines) is 1. The second-order valence-electron chi connectivity index (χ2n) is 7.45. The molecule has 3 rings (SSSR count). The Kier molecular flexibility index (Phi) is 6.11. The molecule has 2 heterocycles. The molecule has 144 valence electrons. The molecule has 0 bridgehead atoms. The van der Waals surface area contributed by atoms with Crippen molar-refractivity contribution < 1.29 is 14.3 Å². The smallest absolute Gasteiger partial charge is 0.354 e. The van der Waals surface area contributed by atoms with Crippen LogP contribution in [0, 0.1) is 19.8 Å². The summed E-state index contributed by atoms with van der Waals surface area (Å²) in [4.78, 5) is 29.9. The number of aryl methyl sites for hydroxylation is 1. The summed E-state index contributed by atoms with van der Waals surface area (Å²) in [6.45, 7) is 5.91. The highest BCUT2D eigenvalue weighted by Crippen LogP contribution is 2.23. The van der Waals surface area contributed by atoms with Gasteiger partial charge in [-0.25, -0.2) is 4.79 Å². The van der Waals surface area contributed by atoms with E-state index in [2.05, 4.69) is 34.1 Å². The highest BCUT2D eigenvalue weighted by Gasteiger charge is 2.26. The van der Waals surface area contributed by atoms with Crippen molar-refractivity contribution in [2.45, 2.75) is 33.1 Å². The minimum absolute atomic E-state index is 0.0675. The van der Waals surface area contributed by atoms with Gasteiger partial charge in [0.25, 0.3) is 0 Å². The Balaban J connectivity index is 1.57. The molecule has 1 saturated heterocycles. The molecule has 5 nitrogen and oxygen atoms in total. The second-order valence-corrected chi connectivity index (χ2v) is 7.45. The van der Waals surface area contributed by atoms with Crippen molar-refractivity contribution in [2.75, 3.05) is 26.7 Å². The molecule has 0 saturated carbocycles. The normalized spacial score (nSPS) is 15.7. The van der Waals surface area contributed by atoms with Crippen molar-refractivity contribution in [1.82, 2.24) is 9.88 Å². The van der Waals surface area contributed by atoms with Gasteiger partial charge in [-0.2, -0.15) is 0 Å². The monoisotopic (exact) mass is 368 g/mol. The molecule has 27 heavy (non-hydrogen) atoms. The van der Waals surface area contributed by atoms with Crippen molar-refractivity contribution >= 4 is 11.8 Å². The zero-order chi connectivity index (χ0) is 19.4. The summed E-state index contributed by atoms with van der Waals surface area (Å²) in [5.41, 5.74) is 3.81. The van der Waals surface area contributed by atoms with Crippen LogP contribution in [0.4, 0.5) is 0 Å². The lowest BCUT2D eigenvalue weighted by Gasteiger charge is -2.31. The highest BCUT2D eigenvalue weighted by atomic mass is 16.5. The van der Waals surface area contributed by atoms with Gasteiger partial charge in [0.15, 0.2) is 5.78 Å². The summed E-state index contributed by atoms with van der Waals surface area (Å²) < 4.78 is 4.78. The lowest BCUT2D eigenvalue weighted by atomic mass is 9.90. The number of ketones is 1. The number of nitrogens with zero attached hydrogens (tertiary/aromatic N) is 1. The minimum Gasteiger partial charge on any atom is -0.464 e. The lowest BCUT2D eigenvalue weighted by molar-refractivity contribution is 0.0594. The van der Waals surface area contributed by atoms with E-state index in [9.17, 15) is 9.59 Å². The Morgan fingerprint density at radius 2 is 1.81 bits per heavy atom. The predicted molar refractivity (Wildman–Crippen MR) is 105 cm³/mol. The molecule has 1 aromatic heterocycles. The number of hydrogen-bond donors (Lipinski definition) is 1. The van der Waals surface area contributed by atoms with Crippen molar-refractivity contribution in [3.05, 3.63) is 58.4 Å². The standard InChI is InChI=1S/C22H28N2O3/c1-15-20(16(2)23-21(15)22(26)27-3)19(25)14-24-11-9-18(10-12-24)13-17-7-5-4-6-8-17/h4-8,18,23H,9-14H2,1-3H3. The average molecular weight is 368 g/mol. The first-order chi connectivity index (χ1) is 13.0. The molecule has 1 fully saturated rings. The fraction of sp³-hybridized carbons (Fsp3) is 0.455. The van der Waals surface area contributed by atoms with E-state index in [1.807, 2.05) is 13.0 Å². The molecule has 0 spiro atoms. The van der Waals surface area contributed by atoms with Gasteiger partial charge in [0.2, 0.25) is 0 Å². The van der Waals surface area contributed by atoms with Crippen LogP contribution in [-0.4, -0.2) is 48.4 Å². The summed E-state index contributed by atoms with van der Waals surface area (Å²) in [7, 11) is 1.35. The summed E-state index contributed by atoms with van der Waals surface area (Å²) in [5.74, 6) is 0.315. The average Bonchev–Trinajstić information content (AvgIpc) is 2.98. The molecule has 0 aliphatic carbocycles. The fourth-order valence-corrected chi connectivity index (χ4v) is 4.05. The number of H-pyrrole nitrogens is 1. The predicted octanol–water partition coefficient (Wildman–Crippen LogP) is 3.56. The van der Waals surface area contributed by atoms with Crippen molar-refractivity contribution in [3.63, 3.8) is 0 Å². The number of piperidine rings is 1. The maximum atomic E-state index is 12.8. The Bertz CT molecular complexity index is 802. The second kappa shape index (κ2) is 8.53. The zero-order valence-corrected chi connectivity index (χ0v) is 16.4. The number of nitrogens with one attached hydrogen (secondary N) is 1. The fourth-order valence-electron chi connectivity index (χ4n) is 4.05. The molecular formula is C22H28N2O3. The number of carbonyl (C=O) groups is 2. The van der Waals surface area contributed by atoms with Crippen LogP contribution < -0.4 is 0 Å². The van der Waals surface area contributed by atoms with Crippen LogP contribution in [0.15, 0.2) is 30.3 Å². The molecule has 5 heteroatoms.